The lowest BCUT2D eigenvalue weighted by atomic mass is 10.4. The monoisotopic (exact) mass is 128 g/mol. The SMILES string of the molecule is C=C(C)C(=O)OCC[NH]. The molecule has 0 rings (SSSR count). The van der Waals surface area contributed by atoms with E-state index in [1.165, 1.54) is 0 Å². The van der Waals surface area contributed by atoms with Gasteiger partial charge in [-0.2, -0.15) is 0 Å². The predicted octanol–water partition coefficient (Wildman–Crippen LogP) is 0.389. The van der Waals surface area contributed by atoms with Crippen LogP contribution >= 0.6 is 0 Å². The van der Waals surface area contributed by atoms with Gasteiger partial charge in [0.05, 0.1) is 0 Å². The summed E-state index contributed by atoms with van der Waals surface area (Å²) < 4.78 is 4.53. The summed E-state index contributed by atoms with van der Waals surface area (Å²) in [5, 5.41) is 0. The van der Waals surface area contributed by atoms with Crippen molar-refractivity contribution in [3.8, 4) is 0 Å². The second-order valence-corrected chi connectivity index (χ2v) is 1.67. The van der Waals surface area contributed by atoms with E-state index in [1.807, 2.05) is 0 Å². The van der Waals surface area contributed by atoms with Gasteiger partial charge >= 0.3 is 5.97 Å². The second kappa shape index (κ2) is 4.09. The molecule has 0 atom stereocenters. The number of ether oxygens (including phenoxy) is 1. The van der Waals surface area contributed by atoms with Crippen LogP contribution in [0.2, 0.25) is 0 Å². The number of carbonyl (C=O) groups is 1. The molecule has 0 aromatic heterocycles. The van der Waals surface area contributed by atoms with Crippen LogP contribution in [0, 0.1) is 0 Å². The Bertz CT molecular complexity index is 120. The molecule has 0 aromatic carbocycles. The maximum Gasteiger partial charge on any atom is 0.333 e. The first-order chi connectivity index (χ1) is 4.18. The van der Waals surface area contributed by atoms with Crippen molar-refractivity contribution in [2.45, 2.75) is 6.92 Å². The van der Waals surface area contributed by atoms with Gasteiger partial charge in [0.2, 0.25) is 0 Å². The summed E-state index contributed by atoms with van der Waals surface area (Å²) in [5.41, 5.74) is 7.01. The molecule has 1 radical (unpaired) electrons. The minimum Gasteiger partial charge on any atom is -0.461 e. The minimum absolute atomic E-state index is 0.110. The molecule has 0 bridgehead atoms. The molecule has 3 nitrogen and oxygen atoms in total. The van der Waals surface area contributed by atoms with E-state index in [4.69, 9.17) is 5.73 Å². The number of carbonyl (C=O) groups excluding carboxylic acids is 1. The van der Waals surface area contributed by atoms with Crippen molar-refractivity contribution in [3.05, 3.63) is 12.2 Å². The highest BCUT2D eigenvalue weighted by atomic mass is 16.5. The first kappa shape index (κ1) is 8.17. The summed E-state index contributed by atoms with van der Waals surface area (Å²) in [6.07, 6.45) is 0. The van der Waals surface area contributed by atoms with Gasteiger partial charge in [0.1, 0.15) is 6.61 Å². The lowest BCUT2D eigenvalue weighted by Gasteiger charge is -1.99. The lowest BCUT2D eigenvalue weighted by molar-refractivity contribution is -0.138. The molecule has 0 aliphatic heterocycles. The van der Waals surface area contributed by atoms with Crippen molar-refractivity contribution in [3.63, 3.8) is 0 Å². The number of hydrogen-bond acceptors (Lipinski definition) is 2. The molecule has 0 amide bonds. The molecule has 0 unspecified atom stereocenters. The van der Waals surface area contributed by atoms with E-state index in [0.29, 0.717) is 5.57 Å². The molecular formula is C6H10NO2. The quantitative estimate of drug-likeness (QED) is 0.407. The van der Waals surface area contributed by atoms with Crippen molar-refractivity contribution in [1.82, 2.24) is 5.73 Å². The van der Waals surface area contributed by atoms with Crippen LogP contribution in [0.25, 0.3) is 0 Å². The summed E-state index contributed by atoms with van der Waals surface area (Å²) >= 11 is 0. The van der Waals surface area contributed by atoms with Crippen LogP contribution in [0.1, 0.15) is 6.92 Å². The first-order valence-corrected chi connectivity index (χ1v) is 2.65. The molecule has 0 spiro atoms. The van der Waals surface area contributed by atoms with Gasteiger partial charge in [-0.15, -0.1) is 0 Å². The minimum atomic E-state index is -0.415. The van der Waals surface area contributed by atoms with Crippen molar-refractivity contribution in [2.75, 3.05) is 13.2 Å². The molecule has 9 heavy (non-hydrogen) atoms. The molecule has 51 valence electrons. The standard InChI is InChI=1S/C6H10NO2/c1-5(2)6(8)9-4-3-7/h7H,1,3-4H2,2H3. The van der Waals surface area contributed by atoms with Crippen LogP contribution in [0.4, 0.5) is 0 Å². The van der Waals surface area contributed by atoms with Gasteiger partial charge in [0, 0.05) is 12.1 Å². The molecule has 0 heterocycles. The molecule has 1 N–H and O–H groups in total. The van der Waals surface area contributed by atoms with Crippen molar-refractivity contribution in [1.29, 1.82) is 0 Å². The maximum absolute atomic E-state index is 10.5. The summed E-state index contributed by atoms with van der Waals surface area (Å²) in [5.74, 6) is -0.415. The highest BCUT2D eigenvalue weighted by Gasteiger charge is 1.99. The van der Waals surface area contributed by atoms with Crippen LogP contribution in [0.15, 0.2) is 12.2 Å². The van der Waals surface area contributed by atoms with E-state index in [9.17, 15) is 4.79 Å². The van der Waals surface area contributed by atoms with E-state index in [-0.39, 0.29) is 13.2 Å². The van der Waals surface area contributed by atoms with E-state index in [1.54, 1.807) is 6.92 Å². The maximum atomic E-state index is 10.5. The van der Waals surface area contributed by atoms with Crippen LogP contribution in [0.3, 0.4) is 0 Å². The Morgan fingerprint density at radius 3 is 2.67 bits per heavy atom. The van der Waals surface area contributed by atoms with Gasteiger partial charge in [-0.25, -0.2) is 4.79 Å². The zero-order chi connectivity index (χ0) is 7.28. The van der Waals surface area contributed by atoms with Crippen LogP contribution in [0.5, 0.6) is 0 Å². The highest BCUT2D eigenvalue weighted by Crippen LogP contribution is 1.89. The lowest BCUT2D eigenvalue weighted by Crippen LogP contribution is -2.08. The molecule has 0 aliphatic rings. The van der Waals surface area contributed by atoms with Gasteiger partial charge < -0.3 is 4.74 Å². The molecule has 0 aromatic rings. The molecule has 0 fully saturated rings. The zero-order valence-electron chi connectivity index (χ0n) is 5.44. The predicted molar refractivity (Wildman–Crippen MR) is 33.7 cm³/mol. The third-order valence-corrected chi connectivity index (χ3v) is 0.684. The van der Waals surface area contributed by atoms with Crippen molar-refractivity contribution >= 4 is 5.97 Å². The van der Waals surface area contributed by atoms with Gasteiger partial charge in [0.25, 0.3) is 0 Å². The fourth-order valence-electron chi connectivity index (χ4n) is 0.267. The van der Waals surface area contributed by atoms with Crippen LogP contribution < -0.4 is 5.73 Å². The zero-order valence-corrected chi connectivity index (χ0v) is 5.44. The summed E-state index contributed by atoms with van der Waals surface area (Å²) in [7, 11) is 0. The average molecular weight is 128 g/mol. The summed E-state index contributed by atoms with van der Waals surface area (Å²) in [6.45, 7) is 5.22. The van der Waals surface area contributed by atoms with Gasteiger partial charge in [0.15, 0.2) is 0 Å². The van der Waals surface area contributed by atoms with E-state index in [2.05, 4.69) is 11.3 Å². The van der Waals surface area contributed by atoms with Crippen molar-refractivity contribution < 1.29 is 9.53 Å². The third kappa shape index (κ3) is 3.73. The van der Waals surface area contributed by atoms with E-state index in [0.717, 1.165) is 0 Å². The Morgan fingerprint density at radius 2 is 2.33 bits per heavy atom. The molecule has 0 saturated carbocycles. The normalized spacial score (nSPS) is 8.67. The highest BCUT2D eigenvalue weighted by molar-refractivity contribution is 5.86. The summed E-state index contributed by atoms with van der Waals surface area (Å²) in [4.78, 5) is 10.5. The molecule has 0 saturated heterocycles. The number of rotatable bonds is 3. The van der Waals surface area contributed by atoms with Gasteiger partial charge in [-0.1, -0.05) is 6.58 Å². The first-order valence-electron chi connectivity index (χ1n) is 2.65. The average Bonchev–Trinajstić information content (AvgIpc) is 1.82. The van der Waals surface area contributed by atoms with Gasteiger partial charge in [-0.3, -0.25) is 5.73 Å². The van der Waals surface area contributed by atoms with Crippen LogP contribution in [-0.2, 0) is 9.53 Å². The molecular weight excluding hydrogens is 118 g/mol. The van der Waals surface area contributed by atoms with E-state index < -0.39 is 5.97 Å². The molecule has 0 aliphatic carbocycles. The number of hydrogen-bond donors (Lipinski definition) is 0. The van der Waals surface area contributed by atoms with Gasteiger partial charge in [-0.05, 0) is 6.92 Å². The number of esters is 1. The third-order valence-electron chi connectivity index (χ3n) is 0.684. The van der Waals surface area contributed by atoms with Crippen LogP contribution in [-0.4, -0.2) is 19.1 Å². The Hall–Kier alpha value is -0.830. The van der Waals surface area contributed by atoms with E-state index >= 15 is 0 Å². The second-order valence-electron chi connectivity index (χ2n) is 1.67. The van der Waals surface area contributed by atoms with Crippen molar-refractivity contribution in [2.24, 2.45) is 0 Å². The smallest absolute Gasteiger partial charge is 0.333 e. The largest absolute Gasteiger partial charge is 0.461 e. The Kier molecular flexibility index (Phi) is 3.71. The Labute approximate surface area is 54.5 Å². The Morgan fingerprint density at radius 1 is 1.78 bits per heavy atom. The summed E-state index contributed by atoms with van der Waals surface area (Å²) in [6, 6.07) is 0. The fourth-order valence-corrected chi connectivity index (χ4v) is 0.267. The number of nitrogens with one attached hydrogen (secondary N) is 1. The Balaban J connectivity index is 3.39. The molecule has 3 heteroatoms. The fraction of sp³-hybridized carbons (Fsp3) is 0.500. The topological polar surface area (TPSA) is 50.1 Å².